The topological polar surface area (TPSA) is 93.0 Å². The number of hydrogen-bond donors (Lipinski definition) is 1. The third kappa shape index (κ3) is 2.46. The molecule has 0 saturated heterocycles. The highest BCUT2D eigenvalue weighted by Crippen LogP contribution is 2.28. The molecule has 1 aliphatic rings. The number of ether oxygens (including phenoxy) is 1. The van der Waals surface area contributed by atoms with Crippen LogP contribution in [-0.4, -0.2) is 36.9 Å². The van der Waals surface area contributed by atoms with Gasteiger partial charge in [-0.1, -0.05) is 11.2 Å². The van der Waals surface area contributed by atoms with Crippen molar-refractivity contribution in [2.45, 2.75) is 4.90 Å². The summed E-state index contributed by atoms with van der Waals surface area (Å²) in [7, 11) is -2.87. The van der Waals surface area contributed by atoms with E-state index in [-0.39, 0.29) is 4.90 Å². The fraction of sp³-hybridized carbons (Fsp3) is 0.0769. The fourth-order valence-corrected chi connectivity index (χ4v) is 3.14. The molecule has 21 heavy (non-hydrogen) atoms. The zero-order valence-corrected chi connectivity index (χ0v) is 11.9. The molecule has 1 aromatic carbocycles. The van der Waals surface area contributed by atoms with E-state index in [1.165, 1.54) is 49.6 Å². The molecule has 8 heteroatoms. The number of methoxy groups -OCH3 is 1. The van der Waals surface area contributed by atoms with Crippen LogP contribution in [0.15, 0.2) is 58.7 Å². The van der Waals surface area contributed by atoms with Gasteiger partial charge >= 0.3 is 16.1 Å². The molecule has 0 radical (unpaired) electrons. The Balaban J connectivity index is 2.60. The molecule has 1 aromatic rings. The van der Waals surface area contributed by atoms with Gasteiger partial charge in [-0.2, -0.15) is 13.2 Å². The Morgan fingerprint density at radius 2 is 1.86 bits per heavy atom. The van der Waals surface area contributed by atoms with Crippen LogP contribution in [-0.2, 0) is 10.0 Å². The molecular formula is C13H13N2O5S+. The van der Waals surface area contributed by atoms with Gasteiger partial charge in [-0.3, -0.25) is 0 Å². The number of hydrogen-bond acceptors (Lipinski definition) is 5. The number of amides is 1. The maximum absolute atomic E-state index is 12.7. The Hall–Kier alpha value is -2.45. The molecule has 0 fully saturated rings. The molecule has 0 aromatic heterocycles. The first-order chi connectivity index (χ1) is 9.94. The normalized spacial score (nSPS) is 21.0. The highest BCUT2D eigenvalue weighted by atomic mass is 32.2. The monoisotopic (exact) mass is 309 g/mol. The van der Waals surface area contributed by atoms with Gasteiger partial charge in [0.15, 0.2) is 6.20 Å². The summed E-state index contributed by atoms with van der Waals surface area (Å²) in [6.07, 6.45) is 4.76. The Morgan fingerprint density at radius 1 is 1.19 bits per heavy atom. The maximum atomic E-state index is 12.7. The van der Waals surface area contributed by atoms with Crippen molar-refractivity contribution in [1.29, 1.82) is 0 Å². The van der Waals surface area contributed by atoms with Gasteiger partial charge < -0.3 is 9.84 Å². The molecule has 1 aliphatic heterocycles. The van der Waals surface area contributed by atoms with Crippen molar-refractivity contribution in [2.24, 2.45) is 5.10 Å². The lowest BCUT2D eigenvalue weighted by atomic mass is 10.3. The molecule has 0 saturated carbocycles. The lowest BCUT2D eigenvalue weighted by molar-refractivity contribution is -0.678. The fourth-order valence-electron chi connectivity index (χ4n) is 1.72. The molecule has 0 spiro atoms. The number of nitrogens with zero attached hydrogens (tertiary/aromatic N) is 2. The number of quaternary nitrogens is 1. The molecule has 110 valence electrons. The zero-order valence-electron chi connectivity index (χ0n) is 11.1. The molecule has 1 N–H and O–H groups in total. The minimum absolute atomic E-state index is 0.172. The molecular weight excluding hydrogens is 296 g/mol. The van der Waals surface area contributed by atoms with Crippen molar-refractivity contribution in [3.05, 3.63) is 48.7 Å². The molecule has 1 amide bonds. The van der Waals surface area contributed by atoms with E-state index in [2.05, 4.69) is 5.10 Å². The Morgan fingerprint density at radius 3 is 2.43 bits per heavy atom. The van der Waals surface area contributed by atoms with Gasteiger partial charge in [0.1, 0.15) is 10.6 Å². The molecule has 2 rings (SSSR count). The molecule has 1 unspecified atom stereocenters. The van der Waals surface area contributed by atoms with Crippen molar-refractivity contribution < 1.29 is 27.1 Å². The highest BCUT2D eigenvalue weighted by Gasteiger charge is 2.51. The standard InChI is InChI=1S/C13H12N2O5S/c1-20-11-5-7-12(8-6-11)21(18,19)15(13(16)17)10-4-2-3-9-14-15/h2-10H,1H3/p+1. The quantitative estimate of drug-likeness (QED) is 0.861. The second kappa shape index (κ2) is 5.51. The van der Waals surface area contributed by atoms with Crippen molar-refractivity contribution in [3.63, 3.8) is 0 Å². The molecule has 0 aliphatic carbocycles. The first-order valence-electron chi connectivity index (χ1n) is 5.85. The summed E-state index contributed by atoms with van der Waals surface area (Å²) in [5.41, 5.74) is 0. The van der Waals surface area contributed by atoms with Crippen LogP contribution in [0.3, 0.4) is 0 Å². The van der Waals surface area contributed by atoms with Crippen LogP contribution in [0.5, 0.6) is 5.75 Å². The highest BCUT2D eigenvalue weighted by molar-refractivity contribution is 7.86. The second-order valence-corrected chi connectivity index (χ2v) is 6.03. The van der Waals surface area contributed by atoms with Crippen molar-refractivity contribution in [3.8, 4) is 5.75 Å². The van der Waals surface area contributed by atoms with Crippen molar-refractivity contribution in [1.82, 2.24) is 0 Å². The second-order valence-electron chi connectivity index (χ2n) is 4.05. The first kappa shape index (κ1) is 14.9. The number of benzene rings is 1. The van der Waals surface area contributed by atoms with Crippen molar-refractivity contribution in [2.75, 3.05) is 7.11 Å². The zero-order chi connectivity index (χ0) is 15.5. The summed E-state index contributed by atoms with van der Waals surface area (Å²) in [6, 6.07) is 5.43. The Kier molecular flexibility index (Phi) is 3.92. The summed E-state index contributed by atoms with van der Waals surface area (Å²) < 4.78 is 28.7. The Bertz CT molecular complexity index is 716. The largest absolute Gasteiger partial charge is 0.562 e. The molecule has 0 bridgehead atoms. The van der Waals surface area contributed by atoms with Crippen LogP contribution in [0.4, 0.5) is 4.79 Å². The van der Waals surface area contributed by atoms with E-state index in [0.717, 1.165) is 12.4 Å². The average Bonchev–Trinajstić information content (AvgIpc) is 2.74. The van der Waals surface area contributed by atoms with Crippen LogP contribution in [0, 0.1) is 0 Å². The molecule has 1 heterocycles. The third-order valence-corrected chi connectivity index (χ3v) is 4.81. The average molecular weight is 309 g/mol. The predicted molar refractivity (Wildman–Crippen MR) is 75.2 cm³/mol. The number of sulfonamides is 1. The van der Waals surface area contributed by atoms with Gasteiger partial charge in [0, 0.05) is 4.00 Å². The van der Waals surface area contributed by atoms with E-state index >= 15 is 0 Å². The van der Waals surface area contributed by atoms with Gasteiger partial charge in [0.2, 0.25) is 0 Å². The maximum Gasteiger partial charge on any atom is 0.562 e. The van der Waals surface area contributed by atoms with E-state index in [0.29, 0.717) is 5.75 Å². The first-order valence-corrected chi connectivity index (χ1v) is 7.29. The smallest absolute Gasteiger partial charge is 0.497 e. The van der Waals surface area contributed by atoms with Gasteiger partial charge in [0.05, 0.1) is 13.3 Å². The SMILES string of the molecule is COc1ccc(S(=O)(=O)[N+]2(C(=O)O)C=CC=CC=N2)cc1. The van der Waals surface area contributed by atoms with E-state index in [4.69, 9.17) is 4.74 Å². The van der Waals surface area contributed by atoms with E-state index < -0.39 is 20.1 Å². The molecule has 1 atom stereocenters. The van der Waals surface area contributed by atoms with E-state index in [9.17, 15) is 18.3 Å². The summed E-state index contributed by atoms with van der Waals surface area (Å²) in [4.78, 5) is 11.4. The van der Waals surface area contributed by atoms with Crippen LogP contribution in [0.25, 0.3) is 0 Å². The van der Waals surface area contributed by atoms with Crippen LogP contribution in [0.2, 0.25) is 0 Å². The number of allylic oxidation sites excluding steroid dienone is 3. The van der Waals surface area contributed by atoms with Crippen LogP contribution < -0.4 is 4.74 Å². The Labute approximate surface area is 121 Å². The summed E-state index contributed by atoms with van der Waals surface area (Å²) in [5.74, 6) is 0.465. The summed E-state index contributed by atoms with van der Waals surface area (Å²) >= 11 is 0. The van der Waals surface area contributed by atoms with Gasteiger partial charge in [0.25, 0.3) is 0 Å². The van der Waals surface area contributed by atoms with Crippen molar-refractivity contribution >= 4 is 22.3 Å². The lowest BCUT2D eigenvalue weighted by Gasteiger charge is -2.20. The minimum atomic E-state index is -4.31. The predicted octanol–water partition coefficient (Wildman–Crippen LogP) is 1.95. The van der Waals surface area contributed by atoms with Crippen LogP contribution in [0.1, 0.15) is 0 Å². The van der Waals surface area contributed by atoms with Gasteiger partial charge in [-0.25, -0.2) is 0 Å². The van der Waals surface area contributed by atoms with E-state index in [1.807, 2.05) is 0 Å². The minimum Gasteiger partial charge on any atom is -0.497 e. The third-order valence-electron chi connectivity index (χ3n) is 2.83. The number of carbonyl (C=O) groups is 1. The lowest BCUT2D eigenvalue weighted by Crippen LogP contribution is -2.47. The number of carboxylic acid groups (broad SMARTS) is 1. The molecule has 7 nitrogen and oxygen atoms in total. The van der Waals surface area contributed by atoms with Crippen LogP contribution >= 0.6 is 0 Å². The van der Waals surface area contributed by atoms with Gasteiger partial charge in [-0.05, 0) is 36.4 Å². The number of rotatable bonds is 3. The summed E-state index contributed by atoms with van der Waals surface area (Å²) in [5, 5.41) is 13.1. The van der Waals surface area contributed by atoms with Gasteiger partial charge in [-0.15, -0.1) is 0 Å². The van der Waals surface area contributed by atoms with E-state index in [1.54, 1.807) is 0 Å². The summed E-state index contributed by atoms with van der Waals surface area (Å²) in [6.45, 7) is 0.